The summed E-state index contributed by atoms with van der Waals surface area (Å²) in [6.07, 6.45) is 1.15. The van der Waals surface area contributed by atoms with Crippen LogP contribution in [0.4, 0.5) is 0 Å². The molecule has 1 aliphatic heterocycles. The molecule has 100 valence electrons. The number of carbonyl (C=O) groups excluding carboxylic acids is 1. The Labute approximate surface area is 125 Å². The highest BCUT2D eigenvalue weighted by Crippen LogP contribution is 2.30. The van der Waals surface area contributed by atoms with Gasteiger partial charge >= 0.3 is 0 Å². The maximum absolute atomic E-state index is 12.1. The van der Waals surface area contributed by atoms with Crippen LogP contribution in [0.5, 0.6) is 0 Å². The SMILES string of the molecule is CC1(C)CCN(CC(=O)c2ccc(Br)s2)CCS1. The van der Waals surface area contributed by atoms with Crippen molar-refractivity contribution in [1.29, 1.82) is 0 Å². The van der Waals surface area contributed by atoms with Gasteiger partial charge in [-0.2, -0.15) is 11.8 Å². The maximum Gasteiger partial charge on any atom is 0.186 e. The van der Waals surface area contributed by atoms with Crippen molar-refractivity contribution in [2.75, 3.05) is 25.4 Å². The molecule has 0 aromatic carbocycles. The molecule has 0 saturated carbocycles. The van der Waals surface area contributed by atoms with Crippen molar-refractivity contribution >= 4 is 44.8 Å². The molecule has 0 aliphatic carbocycles. The predicted octanol–water partition coefficient (Wildman–Crippen LogP) is 3.91. The number of rotatable bonds is 3. The fourth-order valence-electron chi connectivity index (χ4n) is 1.97. The van der Waals surface area contributed by atoms with Crippen LogP contribution in [0, 0.1) is 0 Å². The summed E-state index contributed by atoms with van der Waals surface area (Å²) >= 11 is 6.94. The molecule has 0 amide bonds. The van der Waals surface area contributed by atoms with Crippen molar-refractivity contribution < 1.29 is 4.79 Å². The zero-order valence-corrected chi connectivity index (χ0v) is 14.0. The number of halogens is 1. The van der Waals surface area contributed by atoms with Crippen LogP contribution in [0.1, 0.15) is 29.9 Å². The van der Waals surface area contributed by atoms with E-state index in [9.17, 15) is 4.79 Å². The monoisotopic (exact) mass is 347 g/mol. The molecule has 0 unspecified atom stereocenters. The zero-order chi connectivity index (χ0) is 13.2. The number of hydrogen-bond acceptors (Lipinski definition) is 4. The van der Waals surface area contributed by atoms with Gasteiger partial charge in [0.05, 0.1) is 15.2 Å². The van der Waals surface area contributed by atoms with Crippen LogP contribution >= 0.6 is 39.0 Å². The van der Waals surface area contributed by atoms with Gasteiger partial charge in [0.25, 0.3) is 0 Å². The fraction of sp³-hybridized carbons (Fsp3) is 0.615. The lowest BCUT2D eigenvalue weighted by molar-refractivity contribution is 0.0938. The highest BCUT2D eigenvalue weighted by molar-refractivity contribution is 9.11. The molecule has 0 atom stereocenters. The first-order valence-electron chi connectivity index (χ1n) is 6.11. The third kappa shape index (κ3) is 4.08. The lowest BCUT2D eigenvalue weighted by Gasteiger charge is -2.22. The molecular weight excluding hydrogens is 330 g/mol. The first-order valence-corrected chi connectivity index (χ1v) is 8.71. The van der Waals surface area contributed by atoms with Crippen LogP contribution in [0.3, 0.4) is 0 Å². The topological polar surface area (TPSA) is 20.3 Å². The summed E-state index contributed by atoms with van der Waals surface area (Å²) in [5, 5.41) is 0. The Morgan fingerprint density at radius 2 is 2.22 bits per heavy atom. The summed E-state index contributed by atoms with van der Waals surface area (Å²) in [5.41, 5.74) is 0. The summed E-state index contributed by atoms with van der Waals surface area (Å²) in [6, 6.07) is 3.85. The Morgan fingerprint density at radius 3 is 2.89 bits per heavy atom. The predicted molar refractivity (Wildman–Crippen MR) is 83.9 cm³/mol. The van der Waals surface area contributed by atoms with Crippen LogP contribution in [0.15, 0.2) is 15.9 Å². The summed E-state index contributed by atoms with van der Waals surface area (Å²) in [4.78, 5) is 15.3. The van der Waals surface area contributed by atoms with E-state index in [1.807, 2.05) is 23.9 Å². The molecule has 1 aliphatic rings. The third-order valence-electron chi connectivity index (χ3n) is 3.15. The van der Waals surface area contributed by atoms with Gasteiger partial charge in [0.15, 0.2) is 5.78 Å². The van der Waals surface area contributed by atoms with E-state index < -0.39 is 0 Å². The molecule has 0 bridgehead atoms. The molecule has 5 heteroatoms. The minimum absolute atomic E-state index is 0.246. The van der Waals surface area contributed by atoms with Gasteiger partial charge < -0.3 is 0 Å². The van der Waals surface area contributed by atoms with Crippen molar-refractivity contribution in [2.45, 2.75) is 25.0 Å². The van der Waals surface area contributed by atoms with E-state index in [0.717, 1.165) is 33.9 Å². The normalized spacial score (nSPS) is 20.6. The Kier molecular flexibility index (Phi) is 4.92. The van der Waals surface area contributed by atoms with Crippen molar-refractivity contribution in [3.05, 3.63) is 20.8 Å². The number of carbonyl (C=O) groups is 1. The second-order valence-electron chi connectivity index (χ2n) is 5.16. The van der Waals surface area contributed by atoms with Crippen LogP contribution in [0.2, 0.25) is 0 Å². The van der Waals surface area contributed by atoms with Gasteiger partial charge in [-0.05, 0) is 41.0 Å². The van der Waals surface area contributed by atoms with Crippen molar-refractivity contribution in [3.63, 3.8) is 0 Å². The van der Waals surface area contributed by atoms with Crippen LogP contribution in [0.25, 0.3) is 0 Å². The van der Waals surface area contributed by atoms with Gasteiger partial charge in [0, 0.05) is 17.0 Å². The zero-order valence-electron chi connectivity index (χ0n) is 10.7. The van der Waals surface area contributed by atoms with Gasteiger partial charge in [-0.3, -0.25) is 9.69 Å². The molecule has 1 saturated heterocycles. The van der Waals surface area contributed by atoms with E-state index in [2.05, 4.69) is 34.7 Å². The highest BCUT2D eigenvalue weighted by Gasteiger charge is 2.24. The maximum atomic E-state index is 12.1. The second-order valence-corrected chi connectivity index (χ2v) is 9.43. The lowest BCUT2D eigenvalue weighted by atomic mass is 10.1. The Hall–Kier alpha value is 0.160. The van der Waals surface area contributed by atoms with Gasteiger partial charge in [-0.1, -0.05) is 13.8 Å². The van der Waals surface area contributed by atoms with Crippen molar-refractivity contribution in [1.82, 2.24) is 4.90 Å². The molecule has 0 radical (unpaired) electrons. The molecular formula is C13H18BrNOS2. The van der Waals surface area contributed by atoms with E-state index in [1.54, 1.807) is 0 Å². The minimum Gasteiger partial charge on any atom is -0.295 e. The second kappa shape index (κ2) is 6.07. The number of Topliss-reactive ketones (excluding diaryl/α,β-unsaturated/α-hetero) is 1. The van der Waals surface area contributed by atoms with E-state index in [4.69, 9.17) is 0 Å². The molecule has 1 aromatic rings. The average molecular weight is 348 g/mol. The van der Waals surface area contributed by atoms with Crippen LogP contribution in [-0.2, 0) is 0 Å². The molecule has 1 aromatic heterocycles. The number of thiophene rings is 1. The van der Waals surface area contributed by atoms with Crippen molar-refractivity contribution in [3.8, 4) is 0 Å². The van der Waals surface area contributed by atoms with Gasteiger partial charge in [-0.15, -0.1) is 11.3 Å². The third-order valence-corrected chi connectivity index (χ3v) is 6.18. The van der Waals surface area contributed by atoms with E-state index in [-0.39, 0.29) is 5.78 Å². The van der Waals surface area contributed by atoms with E-state index in [0.29, 0.717) is 11.3 Å². The van der Waals surface area contributed by atoms with Gasteiger partial charge in [-0.25, -0.2) is 0 Å². The smallest absolute Gasteiger partial charge is 0.186 e. The summed E-state index contributed by atoms with van der Waals surface area (Å²) in [5.74, 6) is 1.37. The van der Waals surface area contributed by atoms with Crippen LogP contribution < -0.4 is 0 Å². The molecule has 2 heterocycles. The summed E-state index contributed by atoms with van der Waals surface area (Å²) in [7, 11) is 0. The standard InChI is InChI=1S/C13H18BrNOS2/c1-13(2)5-6-15(7-8-17-13)9-10(16)11-3-4-12(14)18-11/h3-4H,5-9H2,1-2H3. The molecule has 0 spiro atoms. The van der Waals surface area contributed by atoms with E-state index in [1.165, 1.54) is 11.3 Å². The first-order chi connectivity index (χ1) is 8.46. The summed E-state index contributed by atoms with van der Waals surface area (Å²) in [6.45, 7) is 7.19. The van der Waals surface area contributed by atoms with E-state index >= 15 is 0 Å². The van der Waals surface area contributed by atoms with Crippen molar-refractivity contribution in [2.24, 2.45) is 0 Å². The van der Waals surface area contributed by atoms with Gasteiger partial charge in [0.2, 0.25) is 0 Å². The fourth-order valence-corrected chi connectivity index (χ4v) is 4.42. The van der Waals surface area contributed by atoms with Gasteiger partial charge in [0.1, 0.15) is 0 Å². The lowest BCUT2D eigenvalue weighted by Crippen LogP contribution is -2.32. The molecule has 0 N–H and O–H groups in total. The van der Waals surface area contributed by atoms with Crippen LogP contribution in [-0.4, -0.2) is 40.8 Å². The quantitative estimate of drug-likeness (QED) is 0.773. The number of thioether (sulfide) groups is 1. The minimum atomic E-state index is 0.246. The number of hydrogen-bond donors (Lipinski definition) is 0. The summed E-state index contributed by atoms with van der Waals surface area (Å²) < 4.78 is 1.38. The molecule has 2 rings (SSSR count). The first kappa shape index (κ1) is 14.6. The largest absolute Gasteiger partial charge is 0.295 e. The molecule has 2 nitrogen and oxygen atoms in total. The average Bonchev–Trinajstić information content (AvgIpc) is 2.65. The number of ketones is 1. The molecule has 1 fully saturated rings. The molecule has 18 heavy (non-hydrogen) atoms. The highest BCUT2D eigenvalue weighted by atomic mass is 79.9. The Morgan fingerprint density at radius 1 is 1.44 bits per heavy atom. The number of nitrogens with zero attached hydrogens (tertiary/aromatic N) is 1. The Balaban J connectivity index is 1.91. The Bertz CT molecular complexity index is 430.